The Balaban J connectivity index is 0.000000186. The third-order valence-electron chi connectivity index (χ3n) is 5.73. The van der Waals surface area contributed by atoms with E-state index in [0.29, 0.717) is 11.5 Å². The molecule has 0 aliphatic carbocycles. The molecule has 0 radical (unpaired) electrons. The maximum absolute atomic E-state index is 9.31. The minimum atomic E-state index is -0.151. The van der Waals surface area contributed by atoms with Gasteiger partial charge in [-0.25, -0.2) is 0 Å². The van der Waals surface area contributed by atoms with Crippen molar-refractivity contribution < 1.29 is 20.4 Å². The van der Waals surface area contributed by atoms with Gasteiger partial charge in [0.15, 0.2) is 0 Å². The summed E-state index contributed by atoms with van der Waals surface area (Å²) in [5.41, 5.74) is 4.40. The van der Waals surface area contributed by atoms with Gasteiger partial charge in [-0.3, -0.25) is 0 Å². The Kier molecular flexibility index (Phi) is 7.62. The minimum Gasteiger partial charge on any atom is -0.508 e. The molecule has 4 aromatic rings. The molecule has 4 rings (SSSR count). The molecule has 0 heterocycles. The van der Waals surface area contributed by atoms with Crippen molar-refractivity contribution in [2.24, 2.45) is 0 Å². The number of rotatable bonds is 5. The van der Waals surface area contributed by atoms with E-state index in [1.807, 2.05) is 48.5 Å². The first-order chi connectivity index (χ1) is 15.7. The first kappa shape index (κ1) is 23.7. The minimum absolute atomic E-state index is 0.151. The lowest BCUT2D eigenvalue weighted by atomic mass is 9.78. The topological polar surface area (TPSA) is 80.9 Å². The van der Waals surface area contributed by atoms with Crippen LogP contribution in [-0.4, -0.2) is 20.4 Å². The van der Waals surface area contributed by atoms with Gasteiger partial charge in [0.1, 0.15) is 23.0 Å². The molecule has 33 heavy (non-hydrogen) atoms. The van der Waals surface area contributed by atoms with Crippen molar-refractivity contribution in [3.05, 3.63) is 119 Å². The molecule has 4 N–H and O–H groups in total. The summed E-state index contributed by atoms with van der Waals surface area (Å²) in [6, 6.07) is 29.0. The zero-order chi connectivity index (χ0) is 23.8. The van der Waals surface area contributed by atoms with Crippen LogP contribution >= 0.6 is 0 Å². The summed E-state index contributed by atoms with van der Waals surface area (Å²) in [7, 11) is 0. The zero-order valence-corrected chi connectivity index (χ0v) is 18.9. The Labute approximate surface area is 195 Å². The first-order valence-corrected chi connectivity index (χ1v) is 10.9. The highest BCUT2D eigenvalue weighted by Gasteiger charge is 2.22. The van der Waals surface area contributed by atoms with Crippen LogP contribution in [-0.2, 0) is 18.3 Å². The molecule has 0 unspecified atom stereocenters. The van der Waals surface area contributed by atoms with Gasteiger partial charge in [0.05, 0.1) is 0 Å². The third-order valence-corrected chi connectivity index (χ3v) is 5.73. The maximum atomic E-state index is 9.31. The number of aryl methyl sites for hydroxylation is 2. The van der Waals surface area contributed by atoms with E-state index in [9.17, 15) is 15.3 Å². The lowest BCUT2D eigenvalue weighted by Gasteiger charge is -2.26. The van der Waals surface area contributed by atoms with Gasteiger partial charge < -0.3 is 20.4 Å². The van der Waals surface area contributed by atoms with E-state index in [1.54, 1.807) is 48.5 Å². The van der Waals surface area contributed by atoms with E-state index in [2.05, 4.69) is 13.8 Å². The summed E-state index contributed by atoms with van der Waals surface area (Å²) in [5.74, 6) is 1.15. The van der Waals surface area contributed by atoms with Gasteiger partial charge in [0, 0.05) is 5.41 Å². The lowest BCUT2D eigenvalue weighted by Crippen LogP contribution is -2.18. The second kappa shape index (κ2) is 10.6. The molecule has 4 nitrogen and oxygen atoms in total. The number of phenolic OH excluding ortho intramolecular Hbond substituents is 4. The predicted molar refractivity (Wildman–Crippen MR) is 132 cm³/mol. The van der Waals surface area contributed by atoms with E-state index in [-0.39, 0.29) is 16.9 Å². The molecule has 0 amide bonds. The summed E-state index contributed by atoms with van der Waals surface area (Å²) in [4.78, 5) is 0. The summed E-state index contributed by atoms with van der Waals surface area (Å²) >= 11 is 0. The van der Waals surface area contributed by atoms with Crippen molar-refractivity contribution in [2.75, 3.05) is 0 Å². The lowest BCUT2D eigenvalue weighted by molar-refractivity contribution is 0.473. The summed E-state index contributed by atoms with van der Waals surface area (Å²) < 4.78 is 0. The Bertz CT molecular complexity index is 1100. The van der Waals surface area contributed by atoms with Crippen molar-refractivity contribution >= 4 is 0 Å². The van der Waals surface area contributed by atoms with Crippen LogP contribution in [0.1, 0.15) is 36.1 Å². The van der Waals surface area contributed by atoms with E-state index in [0.717, 1.165) is 29.5 Å². The molecule has 0 saturated carbocycles. The standard InChI is InChI=1S/C15H16O2.C14H14O2/c1-15(2,11-3-7-13(16)8-4-11)12-5-9-14(17)10-6-12;15-13-8-6-11(7-9-13)4-5-12-2-1-3-14(16)10-12/h3-10,16-17H,1-2H3;1-3,6-10,15-16H,4-5H2. The van der Waals surface area contributed by atoms with Gasteiger partial charge >= 0.3 is 0 Å². The van der Waals surface area contributed by atoms with Crippen molar-refractivity contribution in [3.63, 3.8) is 0 Å². The Hall–Kier alpha value is -3.92. The Morgan fingerprint density at radius 1 is 0.485 bits per heavy atom. The smallest absolute Gasteiger partial charge is 0.115 e. The number of aromatic hydroxyl groups is 4. The fourth-order valence-corrected chi connectivity index (χ4v) is 3.59. The van der Waals surface area contributed by atoms with Crippen LogP contribution < -0.4 is 0 Å². The highest BCUT2D eigenvalue weighted by atomic mass is 16.3. The highest BCUT2D eigenvalue weighted by molar-refractivity contribution is 5.41. The molecule has 0 atom stereocenters. The largest absolute Gasteiger partial charge is 0.508 e. The predicted octanol–water partition coefficient (Wildman–Crippen LogP) is 6.31. The van der Waals surface area contributed by atoms with E-state index < -0.39 is 0 Å². The fourth-order valence-electron chi connectivity index (χ4n) is 3.59. The van der Waals surface area contributed by atoms with Crippen LogP contribution in [0, 0.1) is 0 Å². The molecular weight excluding hydrogens is 412 g/mol. The van der Waals surface area contributed by atoms with Gasteiger partial charge in [0.25, 0.3) is 0 Å². The average Bonchev–Trinajstić information content (AvgIpc) is 2.80. The first-order valence-electron chi connectivity index (χ1n) is 10.9. The van der Waals surface area contributed by atoms with Crippen LogP contribution in [0.25, 0.3) is 0 Å². The van der Waals surface area contributed by atoms with Gasteiger partial charge in [-0.1, -0.05) is 62.4 Å². The molecule has 4 heteroatoms. The van der Waals surface area contributed by atoms with Crippen LogP contribution in [0.15, 0.2) is 97.1 Å². The van der Waals surface area contributed by atoms with Gasteiger partial charge in [-0.05, 0) is 83.6 Å². The molecule has 0 fully saturated rings. The molecule has 170 valence electrons. The average molecular weight is 443 g/mol. The van der Waals surface area contributed by atoms with Crippen LogP contribution in [0.5, 0.6) is 23.0 Å². The Morgan fingerprint density at radius 3 is 1.36 bits per heavy atom. The highest BCUT2D eigenvalue weighted by Crippen LogP contribution is 2.32. The Morgan fingerprint density at radius 2 is 0.909 bits per heavy atom. The molecule has 0 aliphatic rings. The molecule has 0 bridgehead atoms. The number of hydrogen-bond acceptors (Lipinski definition) is 4. The summed E-state index contributed by atoms with van der Waals surface area (Å²) in [6.07, 6.45) is 1.79. The maximum Gasteiger partial charge on any atom is 0.115 e. The van der Waals surface area contributed by atoms with Crippen molar-refractivity contribution in [1.82, 2.24) is 0 Å². The van der Waals surface area contributed by atoms with Crippen LogP contribution in [0.4, 0.5) is 0 Å². The zero-order valence-electron chi connectivity index (χ0n) is 18.9. The SMILES string of the molecule is CC(C)(c1ccc(O)cc1)c1ccc(O)cc1.Oc1ccc(CCc2cccc(O)c2)cc1. The van der Waals surface area contributed by atoms with Gasteiger partial charge in [-0.15, -0.1) is 0 Å². The molecular formula is C29H30O4. The molecule has 0 aliphatic heterocycles. The second-order valence-electron chi connectivity index (χ2n) is 8.56. The number of phenols is 4. The third kappa shape index (κ3) is 6.78. The second-order valence-corrected chi connectivity index (χ2v) is 8.56. The summed E-state index contributed by atoms with van der Waals surface area (Å²) in [6.45, 7) is 4.23. The van der Waals surface area contributed by atoms with E-state index >= 15 is 0 Å². The van der Waals surface area contributed by atoms with E-state index in [4.69, 9.17) is 5.11 Å². The van der Waals surface area contributed by atoms with Crippen molar-refractivity contribution in [2.45, 2.75) is 32.1 Å². The van der Waals surface area contributed by atoms with E-state index in [1.165, 1.54) is 5.56 Å². The fraction of sp³-hybridized carbons (Fsp3) is 0.172. The number of benzene rings is 4. The van der Waals surface area contributed by atoms with Crippen molar-refractivity contribution in [3.8, 4) is 23.0 Å². The monoisotopic (exact) mass is 442 g/mol. The molecule has 0 spiro atoms. The van der Waals surface area contributed by atoms with Crippen LogP contribution in [0.2, 0.25) is 0 Å². The van der Waals surface area contributed by atoms with Crippen LogP contribution in [0.3, 0.4) is 0 Å². The summed E-state index contributed by atoms with van der Waals surface area (Å²) in [5, 5.41) is 37.1. The molecule has 4 aromatic carbocycles. The number of hydrogen-bond donors (Lipinski definition) is 4. The van der Waals surface area contributed by atoms with Gasteiger partial charge in [0.2, 0.25) is 0 Å². The van der Waals surface area contributed by atoms with Crippen molar-refractivity contribution in [1.29, 1.82) is 0 Å². The molecule has 0 aromatic heterocycles. The quantitative estimate of drug-likeness (QED) is 0.292. The normalized spacial score (nSPS) is 10.8. The van der Waals surface area contributed by atoms with Gasteiger partial charge in [-0.2, -0.15) is 0 Å². The molecule has 0 saturated heterocycles.